The van der Waals surface area contributed by atoms with E-state index in [1.165, 1.54) is 13.2 Å². The zero-order chi connectivity index (χ0) is 13.2. The zero-order valence-corrected chi connectivity index (χ0v) is 12.2. The predicted molar refractivity (Wildman–Crippen MR) is 68.0 cm³/mol. The van der Waals surface area contributed by atoms with E-state index in [0.29, 0.717) is 16.5 Å². The number of hydrogen-bond donors (Lipinski definition) is 0. The van der Waals surface area contributed by atoms with E-state index >= 15 is 0 Å². The number of halogens is 1. The number of carbonyl (C=O) groups is 1. The molecule has 0 spiro atoms. The monoisotopic (exact) mass is 320 g/mol. The number of aryl methyl sites for hydroxylation is 1. The molecule has 0 fully saturated rings. The Balaban J connectivity index is 3.54. The SMILES string of the molecule is CCc1cc(Br)c(S(C)(=O)=O)cc1C(=O)OC. The van der Waals surface area contributed by atoms with Gasteiger partial charge in [0.15, 0.2) is 9.84 Å². The Morgan fingerprint density at radius 1 is 1.41 bits per heavy atom. The molecule has 0 atom stereocenters. The van der Waals surface area contributed by atoms with Crippen molar-refractivity contribution in [3.8, 4) is 0 Å². The van der Waals surface area contributed by atoms with Crippen molar-refractivity contribution >= 4 is 31.7 Å². The summed E-state index contributed by atoms with van der Waals surface area (Å²) in [6.45, 7) is 1.88. The van der Waals surface area contributed by atoms with Crippen LogP contribution in [0.2, 0.25) is 0 Å². The number of ether oxygens (including phenoxy) is 1. The summed E-state index contributed by atoms with van der Waals surface area (Å²) >= 11 is 3.20. The Kier molecular flexibility index (Phi) is 4.32. The first-order valence-corrected chi connectivity index (χ1v) is 7.60. The van der Waals surface area contributed by atoms with Crippen LogP contribution in [-0.2, 0) is 21.0 Å². The molecule has 0 heterocycles. The van der Waals surface area contributed by atoms with E-state index in [0.717, 1.165) is 11.8 Å². The van der Waals surface area contributed by atoms with E-state index in [1.807, 2.05) is 6.92 Å². The van der Waals surface area contributed by atoms with Gasteiger partial charge in [-0.2, -0.15) is 0 Å². The topological polar surface area (TPSA) is 60.4 Å². The Morgan fingerprint density at radius 3 is 2.41 bits per heavy atom. The second kappa shape index (κ2) is 5.18. The van der Waals surface area contributed by atoms with Gasteiger partial charge in [-0.3, -0.25) is 0 Å². The Morgan fingerprint density at radius 2 is 2.00 bits per heavy atom. The Hall–Kier alpha value is -0.880. The lowest BCUT2D eigenvalue weighted by Gasteiger charge is -2.10. The summed E-state index contributed by atoms with van der Waals surface area (Å²) in [7, 11) is -2.11. The molecule has 0 aromatic heterocycles. The molecule has 17 heavy (non-hydrogen) atoms. The molecule has 0 aliphatic carbocycles. The highest BCUT2D eigenvalue weighted by atomic mass is 79.9. The smallest absolute Gasteiger partial charge is 0.338 e. The van der Waals surface area contributed by atoms with Crippen molar-refractivity contribution in [2.45, 2.75) is 18.2 Å². The number of methoxy groups -OCH3 is 1. The molecule has 4 nitrogen and oxygen atoms in total. The second-order valence-electron chi connectivity index (χ2n) is 3.56. The molecule has 1 aromatic rings. The molecule has 0 radical (unpaired) electrons. The van der Waals surface area contributed by atoms with Gasteiger partial charge >= 0.3 is 5.97 Å². The van der Waals surface area contributed by atoms with Gasteiger partial charge in [0.1, 0.15) is 0 Å². The highest BCUT2D eigenvalue weighted by molar-refractivity contribution is 9.10. The highest BCUT2D eigenvalue weighted by Gasteiger charge is 2.19. The standard InChI is InChI=1S/C11H13BrO4S/c1-4-7-5-9(12)10(17(3,14)15)6-8(7)11(13)16-2/h5-6H,4H2,1-3H3. The number of carbonyl (C=O) groups excluding carboxylic acids is 1. The highest BCUT2D eigenvalue weighted by Crippen LogP contribution is 2.27. The van der Waals surface area contributed by atoms with Crippen molar-refractivity contribution in [1.29, 1.82) is 0 Å². The van der Waals surface area contributed by atoms with Crippen molar-refractivity contribution in [3.05, 3.63) is 27.7 Å². The van der Waals surface area contributed by atoms with Crippen LogP contribution in [-0.4, -0.2) is 27.8 Å². The van der Waals surface area contributed by atoms with Crippen LogP contribution in [0.5, 0.6) is 0 Å². The van der Waals surface area contributed by atoms with Crippen LogP contribution in [0.4, 0.5) is 0 Å². The van der Waals surface area contributed by atoms with Gasteiger partial charge in [0.25, 0.3) is 0 Å². The largest absolute Gasteiger partial charge is 0.465 e. The summed E-state index contributed by atoms with van der Waals surface area (Å²) in [5.41, 5.74) is 1.04. The summed E-state index contributed by atoms with van der Waals surface area (Å²) < 4.78 is 28.2. The quantitative estimate of drug-likeness (QED) is 0.801. The maximum Gasteiger partial charge on any atom is 0.338 e. The number of esters is 1. The zero-order valence-electron chi connectivity index (χ0n) is 9.78. The van der Waals surface area contributed by atoms with Crippen LogP contribution >= 0.6 is 15.9 Å². The van der Waals surface area contributed by atoms with Crippen LogP contribution < -0.4 is 0 Å². The van der Waals surface area contributed by atoms with E-state index in [1.54, 1.807) is 6.07 Å². The van der Waals surface area contributed by atoms with Crippen LogP contribution in [0, 0.1) is 0 Å². The molecular formula is C11H13BrO4S. The van der Waals surface area contributed by atoms with Gasteiger partial charge < -0.3 is 4.74 Å². The molecule has 0 saturated carbocycles. The van der Waals surface area contributed by atoms with Crippen LogP contribution in [0.15, 0.2) is 21.5 Å². The maximum atomic E-state index is 11.6. The van der Waals surface area contributed by atoms with Crippen molar-refractivity contribution in [2.24, 2.45) is 0 Å². The Bertz CT molecular complexity index is 549. The number of hydrogen-bond acceptors (Lipinski definition) is 4. The van der Waals surface area contributed by atoms with Crippen molar-refractivity contribution in [2.75, 3.05) is 13.4 Å². The lowest BCUT2D eigenvalue weighted by molar-refractivity contribution is 0.0599. The third kappa shape index (κ3) is 3.07. The minimum Gasteiger partial charge on any atom is -0.465 e. The van der Waals surface area contributed by atoms with Gasteiger partial charge in [-0.15, -0.1) is 0 Å². The Labute approximate surface area is 109 Å². The van der Waals surface area contributed by atoms with Crippen molar-refractivity contribution in [3.63, 3.8) is 0 Å². The minimum atomic E-state index is -3.38. The maximum absolute atomic E-state index is 11.6. The predicted octanol–water partition coefficient (Wildman–Crippen LogP) is 2.20. The molecular weight excluding hydrogens is 308 g/mol. The van der Waals surface area contributed by atoms with Crippen LogP contribution in [0.1, 0.15) is 22.8 Å². The van der Waals surface area contributed by atoms with E-state index < -0.39 is 15.8 Å². The first-order chi connectivity index (χ1) is 7.81. The summed E-state index contributed by atoms with van der Waals surface area (Å²) in [5, 5.41) is 0. The fourth-order valence-corrected chi connectivity index (χ4v) is 3.49. The number of sulfone groups is 1. The average Bonchev–Trinajstić information content (AvgIpc) is 2.25. The van der Waals surface area contributed by atoms with Crippen molar-refractivity contribution in [1.82, 2.24) is 0 Å². The summed E-state index contributed by atoms with van der Waals surface area (Å²) in [6, 6.07) is 2.99. The van der Waals surface area contributed by atoms with E-state index in [2.05, 4.69) is 20.7 Å². The van der Waals surface area contributed by atoms with Gasteiger partial charge in [0, 0.05) is 10.7 Å². The average molecular weight is 321 g/mol. The molecule has 0 aliphatic heterocycles. The van der Waals surface area contributed by atoms with Gasteiger partial charge in [-0.25, -0.2) is 13.2 Å². The normalized spacial score (nSPS) is 11.3. The molecule has 0 saturated heterocycles. The summed E-state index contributed by atoms with van der Waals surface area (Å²) in [5.74, 6) is -0.528. The van der Waals surface area contributed by atoms with Gasteiger partial charge in [-0.1, -0.05) is 6.92 Å². The van der Waals surface area contributed by atoms with Crippen LogP contribution in [0.3, 0.4) is 0 Å². The van der Waals surface area contributed by atoms with E-state index in [-0.39, 0.29) is 4.90 Å². The third-order valence-electron chi connectivity index (χ3n) is 2.34. The number of rotatable bonds is 3. The fourth-order valence-electron chi connectivity index (χ4n) is 1.47. The summed E-state index contributed by atoms with van der Waals surface area (Å²) in [4.78, 5) is 11.6. The molecule has 0 amide bonds. The van der Waals surface area contributed by atoms with Gasteiger partial charge in [0.2, 0.25) is 0 Å². The molecule has 0 N–H and O–H groups in total. The summed E-state index contributed by atoms with van der Waals surface area (Å²) in [6.07, 6.45) is 1.72. The van der Waals surface area contributed by atoms with Crippen LogP contribution in [0.25, 0.3) is 0 Å². The van der Waals surface area contributed by atoms with E-state index in [9.17, 15) is 13.2 Å². The van der Waals surface area contributed by atoms with E-state index in [4.69, 9.17) is 0 Å². The molecule has 6 heteroatoms. The molecule has 94 valence electrons. The minimum absolute atomic E-state index is 0.0927. The third-order valence-corrected chi connectivity index (χ3v) is 4.40. The van der Waals surface area contributed by atoms with Crippen molar-refractivity contribution < 1.29 is 17.9 Å². The lowest BCUT2D eigenvalue weighted by Crippen LogP contribution is -2.09. The molecule has 1 aromatic carbocycles. The number of benzene rings is 1. The molecule has 0 aliphatic rings. The van der Waals surface area contributed by atoms with Gasteiger partial charge in [-0.05, 0) is 40.0 Å². The molecule has 1 rings (SSSR count). The molecule has 0 bridgehead atoms. The first-order valence-electron chi connectivity index (χ1n) is 4.92. The molecule has 0 unspecified atom stereocenters. The fraction of sp³-hybridized carbons (Fsp3) is 0.364. The van der Waals surface area contributed by atoms with Gasteiger partial charge in [0.05, 0.1) is 17.6 Å². The second-order valence-corrected chi connectivity index (χ2v) is 6.40. The first kappa shape index (κ1) is 14.2. The lowest BCUT2D eigenvalue weighted by atomic mass is 10.1.